The van der Waals surface area contributed by atoms with Crippen LogP contribution in [0.25, 0.3) is 0 Å². The summed E-state index contributed by atoms with van der Waals surface area (Å²) < 4.78 is 5.99. The Morgan fingerprint density at radius 3 is 2.45 bits per heavy atom. The molecule has 1 saturated heterocycles. The molecule has 1 aliphatic rings. The third-order valence-corrected chi connectivity index (χ3v) is 10.4. The number of amides is 2. The third-order valence-electron chi connectivity index (χ3n) is 10.4. The number of carbonyl (C=O) groups excluding carboxylic acids is 5. The molecular weight excluding hydrogens is 713 g/mol. The van der Waals surface area contributed by atoms with E-state index in [0.29, 0.717) is 38.6 Å². The zero-order valence-electron chi connectivity index (χ0n) is 34.9. The van der Waals surface area contributed by atoms with Gasteiger partial charge in [-0.2, -0.15) is 0 Å². The second-order valence-electron chi connectivity index (χ2n) is 15.4. The summed E-state index contributed by atoms with van der Waals surface area (Å²) in [5, 5.41) is 29.2. The van der Waals surface area contributed by atoms with Gasteiger partial charge in [0.2, 0.25) is 5.91 Å². The Bertz CT molecular complexity index is 1520. The number of hydrogen-bond donors (Lipinski definition) is 5. The number of phenolic OH excluding ortho intramolecular Hbond substituents is 1. The van der Waals surface area contributed by atoms with E-state index in [1.807, 2.05) is 66.7 Å². The van der Waals surface area contributed by atoms with Crippen LogP contribution in [0.15, 0.2) is 60.2 Å². The van der Waals surface area contributed by atoms with Crippen molar-refractivity contribution in [3.63, 3.8) is 0 Å². The highest BCUT2D eigenvalue weighted by atomic mass is 16.5. The van der Waals surface area contributed by atoms with E-state index in [4.69, 9.17) is 4.74 Å². The molecule has 2 amide bonds. The van der Waals surface area contributed by atoms with Crippen molar-refractivity contribution in [2.45, 2.75) is 144 Å². The van der Waals surface area contributed by atoms with Gasteiger partial charge in [0.25, 0.3) is 5.91 Å². The number of hydrogen-bond acceptors (Lipinski definition) is 10. The van der Waals surface area contributed by atoms with E-state index in [1.165, 1.54) is 18.0 Å². The van der Waals surface area contributed by atoms with Crippen LogP contribution in [0.1, 0.15) is 112 Å². The first-order valence-electron chi connectivity index (χ1n) is 20.4. The number of nitrogens with zero attached hydrogens (tertiary/aromatic N) is 1. The number of rotatable bonds is 24. The van der Waals surface area contributed by atoms with E-state index >= 15 is 0 Å². The summed E-state index contributed by atoms with van der Waals surface area (Å²) in [6, 6.07) is 4.68. The molecule has 56 heavy (non-hydrogen) atoms. The molecule has 1 aromatic carbocycles. The van der Waals surface area contributed by atoms with Crippen molar-refractivity contribution in [2.24, 2.45) is 17.8 Å². The van der Waals surface area contributed by atoms with E-state index in [2.05, 4.69) is 16.1 Å². The second kappa shape index (κ2) is 25.2. The van der Waals surface area contributed by atoms with Crippen molar-refractivity contribution in [1.29, 1.82) is 0 Å². The fraction of sp³-hybridized carbons (Fsp3) is 0.614. The summed E-state index contributed by atoms with van der Waals surface area (Å²) in [6.45, 7) is 15.5. The Morgan fingerprint density at radius 1 is 1.09 bits per heavy atom. The van der Waals surface area contributed by atoms with Gasteiger partial charge in [0, 0.05) is 38.4 Å². The molecule has 0 radical (unpaired) electrons. The Balaban J connectivity index is 2.28. The number of ether oxygens (including phenoxy) is 1. The maximum atomic E-state index is 14.3. The number of carbonyl (C=O) groups is 5. The van der Waals surface area contributed by atoms with Gasteiger partial charge in [-0.15, -0.1) is 0 Å². The lowest BCUT2D eigenvalue weighted by Crippen LogP contribution is -2.61. The summed E-state index contributed by atoms with van der Waals surface area (Å²) >= 11 is 0. The lowest BCUT2D eigenvalue weighted by atomic mass is 9.85. The molecule has 0 spiro atoms. The topological polar surface area (TPSA) is 174 Å². The van der Waals surface area contributed by atoms with Gasteiger partial charge in [0.05, 0.1) is 18.1 Å². The van der Waals surface area contributed by atoms with E-state index in [0.717, 1.165) is 17.6 Å². The molecule has 1 aromatic rings. The van der Waals surface area contributed by atoms with Crippen LogP contribution >= 0.6 is 0 Å². The molecule has 7 atom stereocenters. The van der Waals surface area contributed by atoms with Gasteiger partial charge in [-0.1, -0.05) is 77.5 Å². The first kappa shape index (κ1) is 48.0. The highest BCUT2D eigenvalue weighted by Crippen LogP contribution is 2.23. The van der Waals surface area contributed by atoms with E-state index < -0.39 is 42.2 Å². The number of aliphatic hydroxyl groups is 1. The summed E-state index contributed by atoms with van der Waals surface area (Å²) in [5.74, 6) is -2.06. The number of aromatic hydroxyl groups is 1. The van der Waals surface area contributed by atoms with Gasteiger partial charge in [0.15, 0.2) is 5.78 Å². The van der Waals surface area contributed by atoms with Crippen molar-refractivity contribution < 1.29 is 38.9 Å². The van der Waals surface area contributed by atoms with Gasteiger partial charge in [0.1, 0.15) is 23.7 Å². The minimum Gasteiger partial charge on any atom is -0.508 e. The predicted octanol–water partition coefficient (Wildman–Crippen LogP) is 5.67. The predicted molar refractivity (Wildman–Crippen MR) is 219 cm³/mol. The van der Waals surface area contributed by atoms with E-state index in [9.17, 15) is 34.2 Å². The Hall–Kier alpha value is -4.13. The highest BCUT2D eigenvalue weighted by molar-refractivity contribution is 5.89. The number of allylic oxidation sites excluding steroid dienone is 4. The van der Waals surface area contributed by atoms with Crippen LogP contribution in [0.4, 0.5) is 0 Å². The first-order valence-corrected chi connectivity index (χ1v) is 20.4. The molecule has 1 aliphatic heterocycles. The molecule has 5 N–H and O–H groups in total. The van der Waals surface area contributed by atoms with Crippen LogP contribution < -0.4 is 16.1 Å². The van der Waals surface area contributed by atoms with Crippen LogP contribution in [0.3, 0.4) is 0 Å². The van der Waals surface area contributed by atoms with Gasteiger partial charge >= 0.3 is 5.97 Å². The normalized spacial score (nSPS) is 18.4. The molecule has 0 aromatic heterocycles. The van der Waals surface area contributed by atoms with Crippen molar-refractivity contribution in [2.75, 3.05) is 13.1 Å². The van der Waals surface area contributed by atoms with Gasteiger partial charge in [-0.05, 0) is 94.1 Å². The average molecular weight is 781 g/mol. The number of ketones is 2. The van der Waals surface area contributed by atoms with Crippen molar-refractivity contribution >= 4 is 29.4 Å². The van der Waals surface area contributed by atoms with E-state index in [-0.39, 0.29) is 66.8 Å². The summed E-state index contributed by atoms with van der Waals surface area (Å²) in [7, 11) is 0. The fourth-order valence-corrected chi connectivity index (χ4v) is 6.49. The lowest BCUT2D eigenvalue weighted by Gasteiger charge is -2.36. The number of hydrazine groups is 1. The number of benzene rings is 1. The monoisotopic (exact) mass is 781 g/mol. The van der Waals surface area contributed by atoms with Gasteiger partial charge < -0.3 is 30.4 Å². The number of aliphatic hydroxyl groups excluding tert-OH is 1. The molecule has 1 heterocycles. The number of Topliss-reactive ketones (excluding diaryl/α,β-unsaturated/α-hetero) is 1. The van der Waals surface area contributed by atoms with Gasteiger partial charge in [-0.3, -0.25) is 24.2 Å². The summed E-state index contributed by atoms with van der Waals surface area (Å²) in [4.78, 5) is 65.3. The first-order chi connectivity index (χ1) is 26.6. The molecule has 0 saturated carbocycles. The van der Waals surface area contributed by atoms with Crippen LogP contribution in [-0.4, -0.2) is 88.0 Å². The Morgan fingerprint density at radius 2 is 1.82 bits per heavy atom. The number of nitrogens with one attached hydrogen (secondary N) is 3. The number of phenols is 1. The largest absolute Gasteiger partial charge is 0.508 e. The van der Waals surface area contributed by atoms with Crippen LogP contribution in [-0.2, 0) is 35.1 Å². The third kappa shape index (κ3) is 16.5. The van der Waals surface area contributed by atoms with Crippen LogP contribution in [0.5, 0.6) is 5.75 Å². The molecular formula is C44H68N4O8. The number of esters is 1. The minimum absolute atomic E-state index is 0.0303. The zero-order chi connectivity index (χ0) is 41.8. The molecule has 1 unspecified atom stereocenters. The average Bonchev–Trinajstić information content (AvgIpc) is 3.16. The van der Waals surface area contributed by atoms with Crippen LogP contribution in [0, 0.1) is 17.8 Å². The molecule has 312 valence electrons. The molecule has 1 fully saturated rings. The maximum Gasteiger partial charge on any atom is 0.325 e. The maximum absolute atomic E-state index is 14.3. The standard InChI is InChI=1S/C44H68N4O8/c1-9-12-22-40(31(7)17-13-19-34(50)16-10-2)56-44(55)37-21-15-25-48(47-37)43(54)38(27-33-18-14-20-35(51)26-33)45-28-39(29(4)5)46-42(53)36(24-23-32(8)49)41(52)30(6)11-3/h9,12-14,17-20,26,29-30,36-41,45,47,51-52H,10-11,15-16,21-25,27-28H2,1-8H3,(H,46,53)/b12-9+,19-13+,31-17+/t30-,36+,37?,38-,39+,40-,41+/m0/s1. The minimum atomic E-state index is -0.915. The molecule has 0 aliphatic carbocycles. The SMILES string of the molecule is C/C=C/C[C@H](OC(=O)C1CCCN(C(=O)[C@H](Cc2cccc(O)c2)NC[C@@H](NC(=O)[C@H](CCC(C)=O)[C@H](O)[C@@H](C)CC)C(C)C)N1)/C(C)=C/C=C/C(=O)CCC. The summed E-state index contributed by atoms with van der Waals surface area (Å²) in [6.07, 6.45) is 11.3. The summed E-state index contributed by atoms with van der Waals surface area (Å²) in [5.41, 5.74) is 4.61. The molecule has 12 nitrogen and oxygen atoms in total. The van der Waals surface area contributed by atoms with Gasteiger partial charge in [-0.25, -0.2) is 5.43 Å². The smallest absolute Gasteiger partial charge is 0.325 e. The zero-order valence-corrected chi connectivity index (χ0v) is 34.9. The molecule has 12 heteroatoms. The molecule has 2 rings (SSSR count). The quantitative estimate of drug-likeness (QED) is 0.0381. The lowest BCUT2D eigenvalue weighted by molar-refractivity contribution is -0.155. The Kier molecular flexibility index (Phi) is 21.6. The fourth-order valence-electron chi connectivity index (χ4n) is 6.49. The molecule has 0 bridgehead atoms. The van der Waals surface area contributed by atoms with Crippen molar-refractivity contribution in [3.8, 4) is 5.75 Å². The highest BCUT2D eigenvalue weighted by Gasteiger charge is 2.35. The van der Waals surface area contributed by atoms with Crippen molar-refractivity contribution in [3.05, 3.63) is 65.8 Å². The van der Waals surface area contributed by atoms with Crippen LogP contribution in [0.2, 0.25) is 0 Å². The Labute approximate surface area is 334 Å². The van der Waals surface area contributed by atoms with Crippen molar-refractivity contribution in [1.82, 2.24) is 21.1 Å². The second-order valence-corrected chi connectivity index (χ2v) is 15.4. The van der Waals surface area contributed by atoms with E-state index in [1.54, 1.807) is 30.4 Å².